The third kappa shape index (κ3) is 7.02. The Hall–Kier alpha value is -4.68. The van der Waals surface area contributed by atoms with E-state index in [2.05, 4.69) is 20.7 Å². The first-order valence-electron chi connectivity index (χ1n) is 14.8. The Morgan fingerprint density at radius 1 is 0.978 bits per heavy atom. The van der Waals surface area contributed by atoms with Gasteiger partial charge in [-0.1, -0.05) is 23.7 Å². The fourth-order valence-electron chi connectivity index (χ4n) is 5.33. The number of carbonyl (C=O) groups excluding carboxylic acids is 2. The van der Waals surface area contributed by atoms with Gasteiger partial charge >= 0.3 is 0 Å². The molecular formula is C32H34ClN7O5. The fourth-order valence-corrected chi connectivity index (χ4v) is 5.46. The maximum atomic E-state index is 14.3. The van der Waals surface area contributed by atoms with Gasteiger partial charge in [-0.25, -0.2) is 0 Å². The first-order chi connectivity index (χ1) is 21.9. The first-order valence-corrected chi connectivity index (χ1v) is 15.2. The summed E-state index contributed by atoms with van der Waals surface area (Å²) < 4.78 is 17.3. The maximum Gasteiger partial charge on any atom is 0.251 e. The van der Waals surface area contributed by atoms with Gasteiger partial charge in [0.05, 0.1) is 6.10 Å². The van der Waals surface area contributed by atoms with Crippen molar-refractivity contribution in [2.75, 3.05) is 50.3 Å². The number of anilines is 2. The van der Waals surface area contributed by atoms with Crippen molar-refractivity contribution in [1.82, 2.24) is 25.5 Å². The highest BCUT2D eigenvalue weighted by Crippen LogP contribution is 2.37. The highest BCUT2D eigenvalue weighted by atomic mass is 35.5. The average Bonchev–Trinajstić information content (AvgIpc) is 3.75. The van der Waals surface area contributed by atoms with Gasteiger partial charge < -0.3 is 24.4 Å². The summed E-state index contributed by atoms with van der Waals surface area (Å²) in [6, 6.07) is 18.7. The summed E-state index contributed by atoms with van der Waals surface area (Å²) in [6.45, 7) is 1.53. The second-order valence-electron chi connectivity index (χ2n) is 11.0. The molecule has 0 unspecified atom stereocenters. The zero-order valence-corrected chi connectivity index (χ0v) is 25.8. The van der Waals surface area contributed by atoms with E-state index in [1.54, 1.807) is 42.5 Å². The number of aromatic nitrogens is 4. The number of ether oxygens (including phenoxy) is 3. The van der Waals surface area contributed by atoms with Crippen molar-refractivity contribution in [2.45, 2.75) is 31.5 Å². The van der Waals surface area contributed by atoms with Crippen LogP contribution in [0.15, 0.2) is 66.7 Å². The topological polar surface area (TPSA) is 124 Å². The number of halogens is 1. The summed E-state index contributed by atoms with van der Waals surface area (Å²) in [5.74, 6) is 0.621. The average molecular weight is 632 g/mol. The van der Waals surface area contributed by atoms with E-state index < -0.39 is 11.9 Å². The lowest BCUT2D eigenvalue weighted by Gasteiger charge is -2.32. The number of nitrogens with zero attached hydrogens (tertiary/aromatic N) is 6. The van der Waals surface area contributed by atoms with Gasteiger partial charge in [-0.05, 0) is 72.1 Å². The molecule has 234 valence electrons. The van der Waals surface area contributed by atoms with Crippen molar-refractivity contribution in [3.8, 4) is 22.9 Å². The molecular weight excluding hydrogens is 598 g/mol. The molecule has 0 saturated carbocycles. The molecule has 2 atom stereocenters. The van der Waals surface area contributed by atoms with Crippen LogP contribution in [0.5, 0.6) is 11.5 Å². The molecule has 1 saturated heterocycles. The molecule has 2 aliphatic rings. The molecule has 0 bridgehead atoms. The number of rotatable bonds is 10. The van der Waals surface area contributed by atoms with Gasteiger partial charge in [-0.3, -0.25) is 14.5 Å². The maximum absolute atomic E-state index is 14.3. The lowest BCUT2D eigenvalue weighted by molar-refractivity contribution is -0.127. The Bertz CT molecular complexity index is 1640. The molecule has 1 fully saturated rings. The van der Waals surface area contributed by atoms with Gasteiger partial charge in [0.15, 0.2) is 11.5 Å². The van der Waals surface area contributed by atoms with Crippen LogP contribution in [0, 0.1) is 0 Å². The Kier molecular flexibility index (Phi) is 9.13. The summed E-state index contributed by atoms with van der Waals surface area (Å²) in [6.07, 6.45) is 1.73. The molecule has 1 N–H and O–H groups in total. The Morgan fingerprint density at radius 3 is 2.42 bits per heavy atom. The van der Waals surface area contributed by atoms with Crippen molar-refractivity contribution < 1.29 is 23.8 Å². The van der Waals surface area contributed by atoms with E-state index >= 15 is 0 Å². The van der Waals surface area contributed by atoms with Crippen molar-refractivity contribution in [2.24, 2.45) is 0 Å². The zero-order valence-electron chi connectivity index (χ0n) is 25.1. The zero-order chi connectivity index (χ0) is 31.3. The van der Waals surface area contributed by atoms with E-state index in [1.165, 1.54) is 9.70 Å². The third-order valence-electron chi connectivity index (χ3n) is 7.66. The summed E-state index contributed by atoms with van der Waals surface area (Å²) in [7, 11) is 3.88. The summed E-state index contributed by atoms with van der Waals surface area (Å²) >= 11 is 6.03. The third-order valence-corrected chi connectivity index (χ3v) is 7.92. The van der Waals surface area contributed by atoms with E-state index in [0.717, 1.165) is 18.5 Å². The summed E-state index contributed by atoms with van der Waals surface area (Å²) in [5.41, 5.74) is 2.74. The number of nitrogens with one attached hydrogen (secondary N) is 1. The molecule has 1 aromatic heterocycles. The fraction of sp³-hybridized carbons (Fsp3) is 0.344. The van der Waals surface area contributed by atoms with Crippen molar-refractivity contribution in [3.63, 3.8) is 0 Å². The van der Waals surface area contributed by atoms with E-state index in [4.69, 9.17) is 25.8 Å². The lowest BCUT2D eigenvalue weighted by atomic mass is 10.0. The number of benzene rings is 3. The molecule has 0 radical (unpaired) electrons. The molecule has 0 spiro atoms. The van der Waals surface area contributed by atoms with Crippen molar-refractivity contribution in [3.05, 3.63) is 77.3 Å². The van der Waals surface area contributed by atoms with Crippen molar-refractivity contribution >= 4 is 34.8 Å². The van der Waals surface area contributed by atoms with E-state index in [1.807, 2.05) is 43.3 Å². The van der Waals surface area contributed by atoms with Gasteiger partial charge in [0.25, 0.3) is 5.91 Å². The van der Waals surface area contributed by atoms with Gasteiger partial charge in [0, 0.05) is 55.3 Å². The number of amides is 2. The highest BCUT2D eigenvalue weighted by Gasteiger charge is 2.35. The second kappa shape index (κ2) is 13.5. The van der Waals surface area contributed by atoms with Crippen LogP contribution in [-0.2, 0) is 20.9 Å². The molecule has 6 rings (SSSR count). The minimum atomic E-state index is -1.03. The van der Waals surface area contributed by atoms with Crippen LogP contribution < -0.4 is 24.6 Å². The number of fused-ring (bicyclic) bond motifs is 1. The van der Waals surface area contributed by atoms with Crippen LogP contribution in [0.3, 0.4) is 0 Å². The first kappa shape index (κ1) is 30.4. The van der Waals surface area contributed by atoms with Gasteiger partial charge in [-0.15, -0.1) is 10.2 Å². The van der Waals surface area contributed by atoms with Crippen LogP contribution in [0.1, 0.15) is 24.4 Å². The predicted octanol–water partition coefficient (Wildman–Crippen LogP) is 3.90. The van der Waals surface area contributed by atoms with Crippen molar-refractivity contribution in [1.29, 1.82) is 0 Å². The van der Waals surface area contributed by atoms with Crippen LogP contribution in [-0.4, -0.2) is 78.6 Å². The van der Waals surface area contributed by atoms with Gasteiger partial charge in [0.1, 0.15) is 25.8 Å². The van der Waals surface area contributed by atoms with Gasteiger partial charge in [0.2, 0.25) is 11.7 Å². The van der Waals surface area contributed by atoms with E-state index in [-0.39, 0.29) is 18.6 Å². The van der Waals surface area contributed by atoms with E-state index in [0.29, 0.717) is 65.5 Å². The monoisotopic (exact) mass is 631 g/mol. The molecule has 12 nitrogen and oxygen atoms in total. The second-order valence-corrected chi connectivity index (χ2v) is 11.4. The molecule has 13 heteroatoms. The Balaban J connectivity index is 1.37. The summed E-state index contributed by atoms with van der Waals surface area (Å²) in [5, 5.41) is 16.3. The van der Waals surface area contributed by atoms with Crippen LogP contribution in [0.25, 0.3) is 11.4 Å². The lowest BCUT2D eigenvalue weighted by Crippen LogP contribution is -2.46. The normalized spacial score (nSPS) is 16.2. The number of carbonyl (C=O) groups is 2. The molecule has 3 aromatic carbocycles. The van der Waals surface area contributed by atoms with E-state index in [9.17, 15) is 9.59 Å². The SMILES string of the molecule is CN(C)c1ccc([C@H](C(=O)NC[C@H]2CCCO2)N(C(=O)Cn2nnc(-c3ccc(Cl)cc3)n2)c2ccc3c(c2)OCCO3)cc1. The quantitative estimate of drug-likeness (QED) is 0.277. The Labute approximate surface area is 265 Å². The largest absolute Gasteiger partial charge is 0.486 e. The standard InChI is InChI=1S/C32H34ClN7O5/c1-38(2)24-11-7-21(8-12-24)30(32(42)34-19-26-4-3-15-43-26)40(25-13-14-27-28(18-25)45-17-16-44-27)29(41)20-39-36-31(35-37-39)22-5-9-23(33)10-6-22/h5-14,18,26,30H,3-4,15-17,19-20H2,1-2H3,(H,34,42)/t26-,30-/m1/s1. The Morgan fingerprint density at radius 2 is 1.71 bits per heavy atom. The number of hydrogen-bond acceptors (Lipinski definition) is 9. The number of hydrogen-bond donors (Lipinski definition) is 1. The minimum Gasteiger partial charge on any atom is -0.486 e. The molecule has 45 heavy (non-hydrogen) atoms. The predicted molar refractivity (Wildman–Crippen MR) is 169 cm³/mol. The molecule has 3 heterocycles. The molecule has 0 aliphatic carbocycles. The van der Waals surface area contributed by atoms with Crippen LogP contribution in [0.4, 0.5) is 11.4 Å². The minimum absolute atomic E-state index is 0.0743. The smallest absolute Gasteiger partial charge is 0.251 e. The number of tetrazole rings is 1. The highest BCUT2D eigenvalue weighted by molar-refractivity contribution is 6.30. The van der Waals surface area contributed by atoms with Crippen LogP contribution in [0.2, 0.25) is 5.02 Å². The van der Waals surface area contributed by atoms with Crippen LogP contribution >= 0.6 is 11.6 Å². The summed E-state index contributed by atoms with van der Waals surface area (Å²) in [4.78, 5) is 33.1. The van der Waals surface area contributed by atoms with Gasteiger partial charge in [-0.2, -0.15) is 4.80 Å². The molecule has 2 aliphatic heterocycles. The molecule has 4 aromatic rings. The molecule has 2 amide bonds.